The van der Waals surface area contributed by atoms with Gasteiger partial charge in [0, 0.05) is 0 Å². The van der Waals surface area contributed by atoms with Gasteiger partial charge in [0.15, 0.2) is 0 Å². The molecule has 2 nitrogen and oxygen atoms in total. The summed E-state index contributed by atoms with van der Waals surface area (Å²) in [5, 5.41) is 0. The Morgan fingerprint density at radius 2 is 1.59 bits per heavy atom. The summed E-state index contributed by atoms with van der Waals surface area (Å²) in [6.45, 7) is 8.19. The van der Waals surface area contributed by atoms with Gasteiger partial charge in [0.25, 0.3) is 0 Å². The Morgan fingerprint density at radius 1 is 1.00 bits per heavy atom. The molecule has 0 saturated carbocycles. The van der Waals surface area contributed by atoms with Crippen LogP contribution >= 0.6 is 0 Å². The molecule has 2 atom stereocenters. The Bertz CT molecular complexity index is 189. The van der Waals surface area contributed by atoms with Gasteiger partial charge in [-0.15, -0.1) is 0 Å². The normalized spacial score (nSPS) is 14.4. The molecule has 2 unspecified atom stereocenters. The van der Waals surface area contributed by atoms with Crippen LogP contribution in [0.2, 0.25) is 0 Å². The van der Waals surface area contributed by atoms with E-state index in [1.54, 1.807) is 0 Å². The van der Waals surface area contributed by atoms with Crippen LogP contribution in [0.5, 0.6) is 0 Å². The van der Waals surface area contributed by atoms with Crippen LogP contribution in [0.4, 0.5) is 0 Å². The third-order valence-electron chi connectivity index (χ3n) is 3.30. The molecule has 17 heavy (non-hydrogen) atoms. The lowest BCUT2D eigenvalue weighted by molar-refractivity contribution is -0.153. The second-order valence-corrected chi connectivity index (χ2v) is 5.11. The zero-order valence-corrected chi connectivity index (χ0v) is 12.1. The molecule has 102 valence electrons. The van der Waals surface area contributed by atoms with Crippen molar-refractivity contribution in [2.45, 2.75) is 85.2 Å². The van der Waals surface area contributed by atoms with E-state index < -0.39 is 0 Å². The summed E-state index contributed by atoms with van der Waals surface area (Å²) in [7, 11) is 0. The lowest BCUT2D eigenvalue weighted by Gasteiger charge is -2.15. The minimum absolute atomic E-state index is 0.0361. The fourth-order valence-electron chi connectivity index (χ4n) is 1.75. The van der Waals surface area contributed by atoms with Gasteiger partial charge < -0.3 is 4.74 Å². The van der Waals surface area contributed by atoms with Gasteiger partial charge in [-0.2, -0.15) is 0 Å². The second-order valence-electron chi connectivity index (χ2n) is 5.11. The molecule has 0 heterocycles. The summed E-state index contributed by atoms with van der Waals surface area (Å²) in [6.07, 6.45) is 9.71. The molecule has 0 aliphatic rings. The molecule has 0 N–H and O–H groups in total. The van der Waals surface area contributed by atoms with Crippen LogP contribution in [0.1, 0.15) is 79.1 Å². The third kappa shape index (κ3) is 9.20. The Hall–Kier alpha value is -0.530. The molecular weight excluding hydrogens is 212 g/mol. The van der Waals surface area contributed by atoms with Crippen molar-refractivity contribution in [1.29, 1.82) is 0 Å². The second kappa shape index (κ2) is 10.6. The standard InChI is InChI=1S/C15H30O2/c1-5-7-8-9-10-11-12-14(4)17-15(16)13(3)6-2/h13-14H,5-12H2,1-4H3. The number of carbonyl (C=O) groups is 1. The first-order valence-electron chi connectivity index (χ1n) is 7.32. The lowest BCUT2D eigenvalue weighted by atomic mass is 10.1. The Kier molecular flexibility index (Phi) is 10.3. The molecule has 0 aromatic carbocycles. The van der Waals surface area contributed by atoms with Gasteiger partial charge in [-0.05, 0) is 26.2 Å². The largest absolute Gasteiger partial charge is 0.462 e. The number of esters is 1. The van der Waals surface area contributed by atoms with E-state index >= 15 is 0 Å². The molecular formula is C15H30O2. The van der Waals surface area contributed by atoms with Crippen molar-refractivity contribution in [1.82, 2.24) is 0 Å². The third-order valence-corrected chi connectivity index (χ3v) is 3.30. The molecule has 0 spiro atoms. The summed E-state index contributed by atoms with van der Waals surface area (Å²) < 4.78 is 5.39. The minimum Gasteiger partial charge on any atom is -0.462 e. The van der Waals surface area contributed by atoms with E-state index in [2.05, 4.69) is 6.92 Å². The van der Waals surface area contributed by atoms with Gasteiger partial charge >= 0.3 is 5.97 Å². The van der Waals surface area contributed by atoms with Crippen molar-refractivity contribution in [3.8, 4) is 0 Å². The summed E-state index contributed by atoms with van der Waals surface area (Å²) in [5.74, 6) is 0.00740. The molecule has 0 bridgehead atoms. The molecule has 0 amide bonds. The number of hydrogen-bond donors (Lipinski definition) is 0. The maximum atomic E-state index is 11.5. The van der Waals surface area contributed by atoms with Crippen molar-refractivity contribution in [2.75, 3.05) is 0 Å². The van der Waals surface area contributed by atoms with Crippen molar-refractivity contribution in [3.63, 3.8) is 0 Å². The Labute approximate surface area is 107 Å². The zero-order valence-electron chi connectivity index (χ0n) is 12.1. The number of rotatable bonds is 10. The predicted octanol–water partition coefficient (Wildman–Crippen LogP) is 4.71. The average molecular weight is 242 g/mol. The topological polar surface area (TPSA) is 26.3 Å². The lowest BCUT2D eigenvalue weighted by Crippen LogP contribution is -2.20. The highest BCUT2D eigenvalue weighted by molar-refractivity contribution is 5.72. The van der Waals surface area contributed by atoms with Crippen molar-refractivity contribution in [3.05, 3.63) is 0 Å². The van der Waals surface area contributed by atoms with E-state index in [-0.39, 0.29) is 18.0 Å². The van der Waals surface area contributed by atoms with Gasteiger partial charge in [0.05, 0.1) is 12.0 Å². The summed E-state index contributed by atoms with van der Waals surface area (Å²) in [6, 6.07) is 0. The van der Waals surface area contributed by atoms with Crippen LogP contribution in [-0.2, 0) is 9.53 Å². The number of unbranched alkanes of at least 4 members (excludes halogenated alkanes) is 5. The predicted molar refractivity (Wildman–Crippen MR) is 73.0 cm³/mol. The van der Waals surface area contributed by atoms with Crippen LogP contribution < -0.4 is 0 Å². The quantitative estimate of drug-likeness (QED) is 0.409. The van der Waals surface area contributed by atoms with E-state index in [9.17, 15) is 4.79 Å². The highest BCUT2D eigenvalue weighted by atomic mass is 16.5. The van der Waals surface area contributed by atoms with E-state index in [0.717, 1.165) is 12.8 Å². The van der Waals surface area contributed by atoms with Crippen molar-refractivity contribution in [2.24, 2.45) is 5.92 Å². The molecule has 0 aromatic heterocycles. The molecule has 0 saturated heterocycles. The van der Waals surface area contributed by atoms with Gasteiger partial charge in [-0.1, -0.05) is 52.9 Å². The smallest absolute Gasteiger partial charge is 0.308 e. The van der Waals surface area contributed by atoms with Crippen LogP contribution in [-0.4, -0.2) is 12.1 Å². The van der Waals surface area contributed by atoms with E-state index in [1.165, 1.54) is 38.5 Å². The average Bonchev–Trinajstić information content (AvgIpc) is 2.32. The monoisotopic (exact) mass is 242 g/mol. The number of ether oxygens (including phenoxy) is 1. The molecule has 0 aliphatic heterocycles. The van der Waals surface area contributed by atoms with Crippen molar-refractivity contribution >= 4 is 5.97 Å². The van der Waals surface area contributed by atoms with Gasteiger partial charge in [-0.25, -0.2) is 0 Å². The van der Waals surface area contributed by atoms with E-state index in [1.807, 2.05) is 20.8 Å². The first-order valence-corrected chi connectivity index (χ1v) is 7.32. The highest BCUT2D eigenvalue weighted by Crippen LogP contribution is 2.12. The number of carbonyl (C=O) groups excluding carboxylic acids is 1. The van der Waals surface area contributed by atoms with Gasteiger partial charge in [0.1, 0.15) is 0 Å². The van der Waals surface area contributed by atoms with E-state index in [4.69, 9.17) is 4.74 Å². The summed E-state index contributed by atoms with van der Waals surface area (Å²) in [4.78, 5) is 11.5. The maximum Gasteiger partial charge on any atom is 0.308 e. The zero-order chi connectivity index (χ0) is 13.1. The molecule has 0 radical (unpaired) electrons. The van der Waals surface area contributed by atoms with Gasteiger partial charge in [-0.3, -0.25) is 4.79 Å². The summed E-state index contributed by atoms with van der Waals surface area (Å²) in [5.41, 5.74) is 0. The first-order chi connectivity index (χ1) is 8.11. The van der Waals surface area contributed by atoms with Crippen LogP contribution in [0.25, 0.3) is 0 Å². The molecule has 0 aromatic rings. The van der Waals surface area contributed by atoms with Gasteiger partial charge in [0.2, 0.25) is 0 Å². The van der Waals surface area contributed by atoms with Crippen LogP contribution in [0.3, 0.4) is 0 Å². The first kappa shape index (κ1) is 16.5. The highest BCUT2D eigenvalue weighted by Gasteiger charge is 2.14. The molecule has 0 fully saturated rings. The fourth-order valence-corrected chi connectivity index (χ4v) is 1.75. The Morgan fingerprint density at radius 3 is 2.18 bits per heavy atom. The molecule has 0 aliphatic carbocycles. The van der Waals surface area contributed by atoms with Crippen molar-refractivity contribution < 1.29 is 9.53 Å². The molecule has 2 heteroatoms. The minimum atomic E-state index is -0.0361. The fraction of sp³-hybridized carbons (Fsp3) is 0.933. The SMILES string of the molecule is CCCCCCCCC(C)OC(=O)C(C)CC. The Balaban J connectivity index is 3.46. The van der Waals surface area contributed by atoms with Crippen LogP contribution in [0, 0.1) is 5.92 Å². The maximum absolute atomic E-state index is 11.5. The number of hydrogen-bond acceptors (Lipinski definition) is 2. The van der Waals surface area contributed by atoms with Crippen LogP contribution in [0.15, 0.2) is 0 Å². The summed E-state index contributed by atoms with van der Waals surface area (Å²) >= 11 is 0. The molecule has 0 rings (SSSR count). The van der Waals surface area contributed by atoms with E-state index in [0.29, 0.717) is 0 Å².